The number of halogens is 4. The molecule has 0 spiro atoms. The van der Waals surface area contributed by atoms with Crippen molar-refractivity contribution in [1.82, 2.24) is 4.98 Å². The quantitative estimate of drug-likeness (QED) is 0.246. The van der Waals surface area contributed by atoms with Crippen molar-refractivity contribution in [1.29, 1.82) is 0 Å². The summed E-state index contributed by atoms with van der Waals surface area (Å²) in [7, 11) is 0. The van der Waals surface area contributed by atoms with Gasteiger partial charge in [-0.05, 0) is 60.2 Å². The lowest BCUT2D eigenvalue weighted by atomic mass is 9.99. The average molecular weight is 503 g/mol. The lowest BCUT2D eigenvalue weighted by Gasteiger charge is -2.12. The second-order valence-corrected chi connectivity index (χ2v) is 8.22. The monoisotopic (exact) mass is 503 g/mol. The van der Waals surface area contributed by atoms with E-state index in [1.807, 2.05) is 30.3 Å². The zero-order chi connectivity index (χ0) is 26.2. The highest BCUT2D eigenvalue weighted by atomic mass is 19.4. The average Bonchev–Trinajstić information content (AvgIpc) is 2.88. The SMILES string of the molecule is O=C(O)c1cc(-c2ccc(-c3ccc(Oc4ccccc4)cc3)c(F)c2)nc2ccc(C(F)(F)F)cc12. The number of hydrogen-bond acceptors (Lipinski definition) is 3. The van der Waals surface area contributed by atoms with Crippen molar-refractivity contribution in [2.75, 3.05) is 0 Å². The summed E-state index contributed by atoms with van der Waals surface area (Å²) in [5, 5.41) is 9.47. The maximum atomic E-state index is 15.1. The molecule has 0 fully saturated rings. The Balaban J connectivity index is 1.47. The van der Waals surface area contributed by atoms with Crippen LogP contribution in [0.5, 0.6) is 11.5 Å². The molecule has 0 aliphatic carbocycles. The lowest BCUT2D eigenvalue weighted by molar-refractivity contribution is -0.137. The number of aromatic nitrogens is 1. The zero-order valence-corrected chi connectivity index (χ0v) is 19.0. The van der Waals surface area contributed by atoms with Gasteiger partial charge in [-0.25, -0.2) is 14.2 Å². The fourth-order valence-corrected chi connectivity index (χ4v) is 3.96. The number of alkyl halides is 3. The molecule has 0 atom stereocenters. The van der Waals surface area contributed by atoms with Gasteiger partial charge in [0.1, 0.15) is 17.3 Å². The maximum absolute atomic E-state index is 15.1. The van der Waals surface area contributed by atoms with E-state index < -0.39 is 23.5 Å². The Morgan fingerprint density at radius 3 is 2.11 bits per heavy atom. The second-order valence-electron chi connectivity index (χ2n) is 8.22. The van der Waals surface area contributed by atoms with Crippen molar-refractivity contribution < 1.29 is 32.2 Å². The summed E-state index contributed by atoms with van der Waals surface area (Å²) in [4.78, 5) is 16.1. The molecular formula is C29H17F4NO3. The van der Waals surface area contributed by atoms with Gasteiger partial charge in [0.2, 0.25) is 0 Å². The molecule has 0 saturated heterocycles. The van der Waals surface area contributed by atoms with Gasteiger partial charge in [-0.1, -0.05) is 42.5 Å². The first-order valence-corrected chi connectivity index (χ1v) is 11.1. The molecule has 1 N–H and O–H groups in total. The Morgan fingerprint density at radius 2 is 1.46 bits per heavy atom. The van der Waals surface area contributed by atoms with Gasteiger partial charge in [-0.2, -0.15) is 13.2 Å². The first kappa shape index (κ1) is 24.0. The number of carboxylic acids is 1. The minimum atomic E-state index is -4.63. The van der Waals surface area contributed by atoms with Crippen LogP contribution in [0.15, 0.2) is 97.1 Å². The van der Waals surface area contributed by atoms with Gasteiger partial charge in [-0.3, -0.25) is 0 Å². The normalized spacial score (nSPS) is 11.5. The summed E-state index contributed by atoms with van der Waals surface area (Å²) in [6, 6.07) is 24.3. The van der Waals surface area contributed by atoms with Gasteiger partial charge in [0.05, 0.1) is 22.3 Å². The highest BCUT2D eigenvalue weighted by molar-refractivity contribution is 6.04. The molecule has 5 rings (SSSR count). The highest BCUT2D eigenvalue weighted by Crippen LogP contribution is 2.34. The third kappa shape index (κ3) is 4.99. The van der Waals surface area contributed by atoms with Gasteiger partial charge >= 0.3 is 12.1 Å². The first-order chi connectivity index (χ1) is 17.7. The standard InChI is InChI=1S/C29H17F4NO3/c30-25-14-18(8-12-22(25)17-6-10-21(11-7-17)37-20-4-2-1-3-5-20)27-16-24(28(35)36)23-15-19(29(31,32)33)9-13-26(23)34-27/h1-16H,(H,35,36). The van der Waals surface area contributed by atoms with E-state index in [0.717, 1.165) is 24.3 Å². The van der Waals surface area contributed by atoms with Crippen LogP contribution < -0.4 is 4.74 Å². The van der Waals surface area contributed by atoms with Crippen molar-refractivity contribution in [2.24, 2.45) is 0 Å². The number of aromatic carboxylic acids is 1. The number of pyridine rings is 1. The van der Waals surface area contributed by atoms with E-state index in [-0.39, 0.29) is 27.7 Å². The molecule has 1 heterocycles. The molecule has 0 bridgehead atoms. The van der Waals surface area contributed by atoms with Crippen LogP contribution in [-0.2, 0) is 6.18 Å². The summed E-state index contributed by atoms with van der Waals surface area (Å²) in [5.41, 5.74) is 0.0424. The topological polar surface area (TPSA) is 59.4 Å². The summed E-state index contributed by atoms with van der Waals surface area (Å²) < 4.78 is 60.2. The van der Waals surface area contributed by atoms with Gasteiger partial charge in [0.25, 0.3) is 0 Å². The van der Waals surface area contributed by atoms with Gasteiger partial charge in [0, 0.05) is 16.5 Å². The van der Waals surface area contributed by atoms with Crippen LogP contribution in [0.3, 0.4) is 0 Å². The number of hydrogen-bond donors (Lipinski definition) is 1. The van der Waals surface area contributed by atoms with Crippen molar-refractivity contribution in [3.05, 3.63) is 114 Å². The fraction of sp³-hybridized carbons (Fsp3) is 0.0345. The number of ether oxygens (including phenoxy) is 1. The molecule has 0 aliphatic heterocycles. The van der Waals surface area contributed by atoms with Crippen LogP contribution in [0.4, 0.5) is 17.6 Å². The molecule has 37 heavy (non-hydrogen) atoms. The van der Waals surface area contributed by atoms with Crippen molar-refractivity contribution in [2.45, 2.75) is 6.18 Å². The Labute approximate surface area is 208 Å². The largest absolute Gasteiger partial charge is 0.478 e. The van der Waals surface area contributed by atoms with E-state index in [1.54, 1.807) is 30.3 Å². The Bertz CT molecular complexity index is 1620. The molecule has 4 nitrogen and oxygen atoms in total. The van der Waals surface area contributed by atoms with Gasteiger partial charge in [0.15, 0.2) is 0 Å². The van der Waals surface area contributed by atoms with E-state index in [1.165, 1.54) is 12.1 Å². The minimum Gasteiger partial charge on any atom is -0.478 e. The molecule has 0 aliphatic rings. The van der Waals surface area contributed by atoms with E-state index in [4.69, 9.17) is 4.74 Å². The number of carbonyl (C=O) groups is 1. The van der Waals surface area contributed by atoms with Crippen LogP contribution in [-0.4, -0.2) is 16.1 Å². The first-order valence-electron chi connectivity index (χ1n) is 11.1. The van der Waals surface area contributed by atoms with E-state index in [9.17, 15) is 23.1 Å². The predicted octanol–water partition coefficient (Wildman–Crippen LogP) is 8.22. The number of benzene rings is 4. The molecule has 184 valence electrons. The fourth-order valence-electron chi connectivity index (χ4n) is 3.96. The minimum absolute atomic E-state index is 0.0568. The van der Waals surface area contributed by atoms with E-state index in [0.29, 0.717) is 22.6 Å². The zero-order valence-electron chi connectivity index (χ0n) is 19.0. The third-order valence-electron chi connectivity index (χ3n) is 5.78. The van der Waals surface area contributed by atoms with Crippen LogP contribution in [0.1, 0.15) is 15.9 Å². The summed E-state index contributed by atoms with van der Waals surface area (Å²) in [5.74, 6) is -0.727. The lowest BCUT2D eigenvalue weighted by Crippen LogP contribution is -2.06. The van der Waals surface area contributed by atoms with Crippen molar-refractivity contribution in [3.8, 4) is 33.9 Å². The summed E-state index contributed by atoms with van der Waals surface area (Å²) in [6.07, 6.45) is -4.63. The molecule has 0 saturated carbocycles. The maximum Gasteiger partial charge on any atom is 0.416 e. The molecular weight excluding hydrogens is 486 g/mol. The van der Waals surface area contributed by atoms with Gasteiger partial charge in [-0.15, -0.1) is 0 Å². The Hall–Kier alpha value is -4.72. The molecule has 0 amide bonds. The van der Waals surface area contributed by atoms with E-state index >= 15 is 4.39 Å². The van der Waals surface area contributed by atoms with Crippen LogP contribution in [0.2, 0.25) is 0 Å². The number of nitrogens with zero attached hydrogens (tertiary/aromatic N) is 1. The highest BCUT2D eigenvalue weighted by Gasteiger charge is 2.31. The third-order valence-corrected chi connectivity index (χ3v) is 5.78. The molecule has 5 aromatic rings. The molecule has 8 heteroatoms. The van der Waals surface area contributed by atoms with E-state index in [2.05, 4.69) is 4.98 Å². The Morgan fingerprint density at radius 1 is 0.784 bits per heavy atom. The number of rotatable bonds is 5. The number of para-hydroxylation sites is 1. The summed E-state index contributed by atoms with van der Waals surface area (Å²) in [6.45, 7) is 0. The summed E-state index contributed by atoms with van der Waals surface area (Å²) >= 11 is 0. The molecule has 0 unspecified atom stereocenters. The smallest absolute Gasteiger partial charge is 0.416 e. The van der Waals surface area contributed by atoms with Crippen molar-refractivity contribution in [3.63, 3.8) is 0 Å². The number of carboxylic acid groups (broad SMARTS) is 1. The predicted molar refractivity (Wildman–Crippen MR) is 131 cm³/mol. The Kier molecular flexibility index (Phi) is 6.09. The molecule has 0 radical (unpaired) electrons. The van der Waals surface area contributed by atoms with Crippen molar-refractivity contribution >= 4 is 16.9 Å². The number of fused-ring (bicyclic) bond motifs is 1. The second kappa shape index (κ2) is 9.39. The van der Waals surface area contributed by atoms with Crippen LogP contribution >= 0.6 is 0 Å². The molecule has 1 aromatic heterocycles. The van der Waals surface area contributed by atoms with Crippen LogP contribution in [0.25, 0.3) is 33.3 Å². The van der Waals surface area contributed by atoms with Gasteiger partial charge < -0.3 is 9.84 Å². The molecule has 4 aromatic carbocycles. The van der Waals surface area contributed by atoms with Crippen LogP contribution in [0, 0.1) is 5.82 Å².